The maximum atomic E-state index is 14.0. The first-order chi connectivity index (χ1) is 22.9. The van der Waals surface area contributed by atoms with Crippen LogP contribution < -0.4 is 5.32 Å². The highest BCUT2D eigenvalue weighted by Gasteiger charge is 2.43. The van der Waals surface area contributed by atoms with Crippen molar-refractivity contribution >= 4 is 34.7 Å². The Balaban J connectivity index is 1.23. The van der Waals surface area contributed by atoms with Crippen LogP contribution in [-0.2, 0) is 16.0 Å². The Morgan fingerprint density at radius 1 is 0.851 bits per heavy atom. The summed E-state index contributed by atoms with van der Waals surface area (Å²) in [6.45, 7) is 1.91. The van der Waals surface area contributed by atoms with Crippen molar-refractivity contribution in [2.75, 3.05) is 32.7 Å². The number of halogens is 1. The van der Waals surface area contributed by atoms with E-state index in [9.17, 15) is 23.6 Å². The average Bonchev–Trinajstić information content (AvgIpc) is 3.75. The minimum absolute atomic E-state index is 0.102. The number of nitrogens with zero attached hydrogens (tertiary/aromatic N) is 4. The van der Waals surface area contributed by atoms with Crippen LogP contribution in [0.15, 0.2) is 79.1 Å². The molecule has 0 spiro atoms. The molecule has 2 fully saturated rings. The lowest BCUT2D eigenvalue weighted by Gasteiger charge is -2.31. The largest absolute Gasteiger partial charge is 0.354 e. The second kappa shape index (κ2) is 14.6. The zero-order chi connectivity index (χ0) is 32.8. The lowest BCUT2D eigenvalue weighted by molar-refractivity contribution is -0.138. The van der Waals surface area contributed by atoms with Gasteiger partial charge in [0.1, 0.15) is 11.9 Å². The van der Waals surface area contributed by atoms with E-state index in [0.29, 0.717) is 75.0 Å². The first-order valence-electron chi connectivity index (χ1n) is 16.3. The van der Waals surface area contributed by atoms with Gasteiger partial charge in [-0.15, -0.1) is 0 Å². The number of benzene rings is 3. The Bertz CT molecular complexity index is 1740. The van der Waals surface area contributed by atoms with Crippen LogP contribution in [0.4, 0.5) is 4.39 Å². The molecule has 3 heterocycles. The summed E-state index contributed by atoms with van der Waals surface area (Å²) in [6, 6.07) is 19.4. The van der Waals surface area contributed by atoms with E-state index in [1.807, 2.05) is 29.2 Å². The number of aromatic nitrogens is 2. The Labute approximate surface area is 272 Å². The quantitative estimate of drug-likeness (QED) is 0.340. The number of aryl methyl sites for hydroxylation is 1. The van der Waals surface area contributed by atoms with Crippen molar-refractivity contribution in [1.29, 1.82) is 0 Å². The number of carbonyl (C=O) groups is 4. The number of imidazole rings is 1. The lowest BCUT2D eigenvalue weighted by Crippen LogP contribution is -2.46. The summed E-state index contributed by atoms with van der Waals surface area (Å²) in [5.74, 6) is -1.11. The number of amides is 4. The third-order valence-electron chi connectivity index (χ3n) is 9.08. The van der Waals surface area contributed by atoms with E-state index >= 15 is 0 Å². The number of aromatic amines is 1. The fourth-order valence-electron chi connectivity index (χ4n) is 6.60. The van der Waals surface area contributed by atoms with Gasteiger partial charge in [-0.3, -0.25) is 19.2 Å². The van der Waals surface area contributed by atoms with Gasteiger partial charge >= 0.3 is 0 Å². The number of hydrogen-bond donors (Lipinski definition) is 2. The van der Waals surface area contributed by atoms with E-state index in [0.717, 1.165) is 11.0 Å². The molecule has 2 saturated heterocycles. The van der Waals surface area contributed by atoms with Crippen molar-refractivity contribution in [3.8, 4) is 0 Å². The Hall–Kier alpha value is -5.06. The maximum absolute atomic E-state index is 14.0. The lowest BCUT2D eigenvalue weighted by atomic mass is 10.1. The molecule has 47 heavy (non-hydrogen) atoms. The molecule has 2 atom stereocenters. The van der Waals surface area contributed by atoms with Crippen molar-refractivity contribution in [3.63, 3.8) is 0 Å². The molecule has 0 radical (unpaired) electrons. The summed E-state index contributed by atoms with van der Waals surface area (Å²) in [6.07, 6.45) is 4.23. The van der Waals surface area contributed by atoms with Gasteiger partial charge < -0.3 is 25.0 Å². The number of carbonyl (C=O) groups excluding carboxylic acids is 4. The van der Waals surface area contributed by atoms with Crippen LogP contribution in [0.1, 0.15) is 58.4 Å². The van der Waals surface area contributed by atoms with Crippen LogP contribution in [-0.4, -0.2) is 93.1 Å². The fraction of sp³-hybridized carbons (Fsp3) is 0.361. The Kier molecular flexibility index (Phi) is 9.89. The van der Waals surface area contributed by atoms with Gasteiger partial charge in [0.25, 0.3) is 11.8 Å². The van der Waals surface area contributed by atoms with Gasteiger partial charge in [-0.05, 0) is 80.1 Å². The van der Waals surface area contributed by atoms with Crippen LogP contribution in [0.5, 0.6) is 0 Å². The van der Waals surface area contributed by atoms with Gasteiger partial charge in [0.2, 0.25) is 11.8 Å². The van der Waals surface area contributed by atoms with Crippen LogP contribution in [0, 0.1) is 5.82 Å². The van der Waals surface area contributed by atoms with E-state index < -0.39 is 12.1 Å². The molecule has 244 valence electrons. The molecule has 2 aliphatic rings. The SMILES string of the molecule is O=C1NCCCCN(C(=O)c2ccc3nc[nH]c3c2)CCCN(C(=O)c2ccccc2)[C@H]2C[C@@H]1N(C(=O)CCc1cccc(F)c1)C2. The molecule has 2 aliphatic heterocycles. The normalized spacial score (nSPS) is 19.3. The third-order valence-corrected chi connectivity index (χ3v) is 9.08. The maximum Gasteiger partial charge on any atom is 0.254 e. The molecule has 4 amide bonds. The van der Waals surface area contributed by atoms with Crippen molar-refractivity contribution in [1.82, 2.24) is 30.0 Å². The minimum atomic E-state index is -0.718. The molecule has 10 nitrogen and oxygen atoms in total. The first-order valence-corrected chi connectivity index (χ1v) is 16.3. The number of nitrogens with one attached hydrogen (secondary N) is 2. The van der Waals surface area contributed by atoms with E-state index in [-0.39, 0.29) is 42.4 Å². The molecule has 3 aromatic carbocycles. The Morgan fingerprint density at radius 2 is 1.68 bits per heavy atom. The van der Waals surface area contributed by atoms with Gasteiger partial charge in [-0.25, -0.2) is 9.37 Å². The molecule has 0 saturated carbocycles. The molecule has 11 heteroatoms. The van der Waals surface area contributed by atoms with Gasteiger partial charge in [0.05, 0.1) is 23.4 Å². The van der Waals surface area contributed by atoms with E-state index in [2.05, 4.69) is 15.3 Å². The number of H-pyrrole nitrogens is 1. The predicted molar refractivity (Wildman–Crippen MR) is 175 cm³/mol. The number of hydrogen-bond acceptors (Lipinski definition) is 5. The van der Waals surface area contributed by atoms with E-state index in [4.69, 9.17) is 0 Å². The molecule has 2 N–H and O–H groups in total. The van der Waals surface area contributed by atoms with Crippen molar-refractivity contribution in [2.24, 2.45) is 0 Å². The molecule has 1 aromatic heterocycles. The second-order valence-electron chi connectivity index (χ2n) is 12.2. The summed E-state index contributed by atoms with van der Waals surface area (Å²) < 4.78 is 13.8. The monoisotopic (exact) mass is 638 g/mol. The molecule has 6 rings (SSSR count). The molecule has 0 aliphatic carbocycles. The molecule has 2 bridgehead atoms. The summed E-state index contributed by atoms with van der Waals surface area (Å²) in [5.41, 5.74) is 3.35. The molecule has 4 aromatic rings. The fourth-order valence-corrected chi connectivity index (χ4v) is 6.60. The van der Waals surface area contributed by atoms with Gasteiger partial charge in [0.15, 0.2) is 0 Å². The van der Waals surface area contributed by atoms with Gasteiger partial charge in [0, 0.05) is 50.3 Å². The third kappa shape index (κ3) is 7.51. The molecular formula is C36H39FN6O4. The van der Waals surface area contributed by atoms with E-state index in [1.54, 1.807) is 52.5 Å². The van der Waals surface area contributed by atoms with E-state index in [1.165, 1.54) is 12.1 Å². The molecular weight excluding hydrogens is 599 g/mol. The number of fused-ring (bicyclic) bond motifs is 3. The summed E-state index contributed by atoms with van der Waals surface area (Å²) in [5, 5.41) is 3.00. The minimum Gasteiger partial charge on any atom is -0.354 e. The first kappa shape index (κ1) is 31.9. The zero-order valence-electron chi connectivity index (χ0n) is 26.2. The highest BCUT2D eigenvalue weighted by molar-refractivity contribution is 5.97. The van der Waals surface area contributed by atoms with Crippen LogP contribution in [0.3, 0.4) is 0 Å². The highest BCUT2D eigenvalue weighted by atomic mass is 19.1. The van der Waals surface area contributed by atoms with Gasteiger partial charge in [-0.2, -0.15) is 0 Å². The van der Waals surface area contributed by atoms with Crippen LogP contribution in [0.2, 0.25) is 0 Å². The standard InChI is InChI=1S/C36H39FN6O4/c37-28-11-6-8-25(20-28)12-15-33(44)43-23-29-22-32(43)34(45)38-16-4-5-17-41(35(46)27-13-14-30-31(21-27)40-24-39-30)18-7-19-42(29)36(47)26-9-2-1-3-10-26/h1-3,6,8-11,13-14,20-21,24,29,32H,4-5,7,12,15-19,22-23H2,(H,38,45)(H,39,40)/t29-,32-/m0/s1. The number of likely N-dealkylation sites (tertiary alicyclic amines) is 1. The average molecular weight is 639 g/mol. The zero-order valence-corrected chi connectivity index (χ0v) is 26.2. The van der Waals surface area contributed by atoms with Crippen molar-refractivity contribution < 1.29 is 23.6 Å². The van der Waals surface area contributed by atoms with Crippen molar-refractivity contribution in [3.05, 3.63) is 102 Å². The van der Waals surface area contributed by atoms with Crippen molar-refractivity contribution in [2.45, 2.75) is 50.6 Å². The predicted octanol–water partition coefficient (Wildman–Crippen LogP) is 4.19. The summed E-state index contributed by atoms with van der Waals surface area (Å²) >= 11 is 0. The summed E-state index contributed by atoms with van der Waals surface area (Å²) in [4.78, 5) is 67.3. The Morgan fingerprint density at radius 3 is 2.51 bits per heavy atom. The summed E-state index contributed by atoms with van der Waals surface area (Å²) in [7, 11) is 0. The van der Waals surface area contributed by atoms with Crippen LogP contribution >= 0.6 is 0 Å². The highest BCUT2D eigenvalue weighted by Crippen LogP contribution is 2.26. The topological polar surface area (TPSA) is 119 Å². The molecule has 0 unspecified atom stereocenters. The van der Waals surface area contributed by atoms with Crippen LogP contribution in [0.25, 0.3) is 11.0 Å². The number of rotatable bonds is 5. The second-order valence-corrected chi connectivity index (χ2v) is 12.2. The van der Waals surface area contributed by atoms with Gasteiger partial charge in [-0.1, -0.05) is 30.3 Å². The smallest absolute Gasteiger partial charge is 0.254 e.